The molecule has 2 aromatic carbocycles. The van der Waals surface area contributed by atoms with Crippen molar-refractivity contribution in [3.63, 3.8) is 0 Å². The third-order valence-electron chi connectivity index (χ3n) is 3.43. The number of nitrogens with one attached hydrogen (secondary N) is 1. The van der Waals surface area contributed by atoms with Crippen LogP contribution in [-0.2, 0) is 0 Å². The molecule has 3 heteroatoms. The SMILES string of the molecule is COc1ccc(C(O)CNc2ccccc2C)cc1C. The van der Waals surface area contributed by atoms with Crippen LogP contribution in [0.4, 0.5) is 5.69 Å². The van der Waals surface area contributed by atoms with Crippen molar-refractivity contribution in [3.05, 3.63) is 59.2 Å². The van der Waals surface area contributed by atoms with Gasteiger partial charge in [0.1, 0.15) is 5.75 Å². The summed E-state index contributed by atoms with van der Waals surface area (Å²) in [6, 6.07) is 13.8. The van der Waals surface area contributed by atoms with Gasteiger partial charge in [0.05, 0.1) is 13.2 Å². The molecule has 0 saturated heterocycles. The Bertz CT molecular complexity index is 581. The quantitative estimate of drug-likeness (QED) is 0.875. The van der Waals surface area contributed by atoms with Crippen LogP contribution in [0.15, 0.2) is 42.5 Å². The topological polar surface area (TPSA) is 41.5 Å². The van der Waals surface area contributed by atoms with E-state index >= 15 is 0 Å². The monoisotopic (exact) mass is 271 g/mol. The number of methoxy groups -OCH3 is 1. The molecule has 0 heterocycles. The van der Waals surface area contributed by atoms with Gasteiger partial charge in [-0.3, -0.25) is 0 Å². The van der Waals surface area contributed by atoms with Crippen LogP contribution in [0.5, 0.6) is 5.75 Å². The van der Waals surface area contributed by atoms with Gasteiger partial charge >= 0.3 is 0 Å². The molecule has 106 valence electrons. The molecular weight excluding hydrogens is 250 g/mol. The molecule has 0 aliphatic heterocycles. The van der Waals surface area contributed by atoms with Gasteiger partial charge in [-0.2, -0.15) is 0 Å². The number of ether oxygens (including phenoxy) is 1. The van der Waals surface area contributed by atoms with Gasteiger partial charge in [0.2, 0.25) is 0 Å². The predicted octanol–water partition coefficient (Wildman–Crippen LogP) is 3.46. The number of hydrogen-bond donors (Lipinski definition) is 2. The maximum atomic E-state index is 10.3. The summed E-state index contributed by atoms with van der Waals surface area (Å²) in [5.74, 6) is 0.841. The Morgan fingerprint density at radius 1 is 1.10 bits per heavy atom. The second kappa shape index (κ2) is 6.44. The highest BCUT2D eigenvalue weighted by atomic mass is 16.5. The lowest BCUT2D eigenvalue weighted by Crippen LogP contribution is -2.13. The van der Waals surface area contributed by atoms with Crippen molar-refractivity contribution in [2.75, 3.05) is 19.0 Å². The zero-order valence-corrected chi connectivity index (χ0v) is 12.2. The van der Waals surface area contributed by atoms with Crippen LogP contribution in [-0.4, -0.2) is 18.8 Å². The lowest BCUT2D eigenvalue weighted by Gasteiger charge is -2.16. The average Bonchev–Trinajstić information content (AvgIpc) is 2.46. The van der Waals surface area contributed by atoms with Crippen LogP contribution >= 0.6 is 0 Å². The zero-order valence-electron chi connectivity index (χ0n) is 12.2. The van der Waals surface area contributed by atoms with Gasteiger partial charge in [0.15, 0.2) is 0 Å². The van der Waals surface area contributed by atoms with Gasteiger partial charge in [0.25, 0.3) is 0 Å². The van der Waals surface area contributed by atoms with Gasteiger partial charge in [0, 0.05) is 12.2 Å². The van der Waals surface area contributed by atoms with E-state index in [0.29, 0.717) is 6.54 Å². The minimum Gasteiger partial charge on any atom is -0.496 e. The first-order chi connectivity index (χ1) is 9.61. The van der Waals surface area contributed by atoms with Gasteiger partial charge in [-0.25, -0.2) is 0 Å². The molecule has 0 aromatic heterocycles. The summed E-state index contributed by atoms with van der Waals surface area (Å²) in [7, 11) is 1.65. The van der Waals surface area contributed by atoms with Crippen molar-refractivity contribution >= 4 is 5.69 Å². The van der Waals surface area contributed by atoms with Crippen molar-refractivity contribution in [2.24, 2.45) is 0 Å². The first-order valence-corrected chi connectivity index (χ1v) is 6.74. The molecule has 0 bridgehead atoms. The maximum absolute atomic E-state index is 10.3. The van der Waals surface area contributed by atoms with E-state index in [1.807, 2.05) is 56.3 Å². The predicted molar refractivity (Wildman–Crippen MR) is 82.4 cm³/mol. The number of rotatable bonds is 5. The first-order valence-electron chi connectivity index (χ1n) is 6.74. The van der Waals surface area contributed by atoms with Crippen LogP contribution in [0.2, 0.25) is 0 Å². The van der Waals surface area contributed by atoms with Crippen LogP contribution in [0.3, 0.4) is 0 Å². The minimum absolute atomic E-state index is 0.483. The molecule has 2 N–H and O–H groups in total. The number of aliphatic hydroxyl groups excluding tert-OH is 1. The Labute approximate surface area is 120 Å². The first kappa shape index (κ1) is 14.4. The van der Waals surface area contributed by atoms with Crippen LogP contribution < -0.4 is 10.1 Å². The largest absolute Gasteiger partial charge is 0.496 e. The Hall–Kier alpha value is -2.00. The summed E-state index contributed by atoms with van der Waals surface area (Å²) in [6.45, 7) is 4.51. The summed E-state index contributed by atoms with van der Waals surface area (Å²) >= 11 is 0. The molecule has 3 nitrogen and oxygen atoms in total. The molecule has 0 saturated carbocycles. The molecule has 0 aliphatic carbocycles. The second-order valence-electron chi connectivity index (χ2n) is 4.94. The molecule has 1 unspecified atom stereocenters. The second-order valence-corrected chi connectivity index (χ2v) is 4.94. The van der Waals surface area contributed by atoms with Gasteiger partial charge in [-0.05, 0) is 48.7 Å². The summed E-state index contributed by atoms with van der Waals surface area (Å²) in [5, 5.41) is 13.5. The smallest absolute Gasteiger partial charge is 0.121 e. The lowest BCUT2D eigenvalue weighted by atomic mass is 10.1. The number of aryl methyl sites for hydroxylation is 2. The van der Waals surface area contributed by atoms with E-state index in [1.54, 1.807) is 7.11 Å². The molecule has 0 aliphatic rings. The van der Waals surface area contributed by atoms with Crippen molar-refractivity contribution < 1.29 is 9.84 Å². The van der Waals surface area contributed by atoms with E-state index < -0.39 is 6.10 Å². The van der Waals surface area contributed by atoms with Crippen LogP contribution in [0, 0.1) is 13.8 Å². The van der Waals surface area contributed by atoms with E-state index in [0.717, 1.165) is 22.6 Å². The van der Waals surface area contributed by atoms with E-state index in [2.05, 4.69) is 5.32 Å². The molecule has 0 amide bonds. The number of aliphatic hydroxyl groups is 1. The van der Waals surface area contributed by atoms with Crippen molar-refractivity contribution in [1.82, 2.24) is 0 Å². The Balaban J connectivity index is 2.03. The van der Waals surface area contributed by atoms with E-state index in [9.17, 15) is 5.11 Å². The van der Waals surface area contributed by atoms with Crippen molar-refractivity contribution in [2.45, 2.75) is 20.0 Å². The molecule has 1 atom stereocenters. The molecule has 0 radical (unpaired) electrons. The van der Waals surface area contributed by atoms with Crippen molar-refractivity contribution in [3.8, 4) is 5.75 Å². The highest BCUT2D eigenvalue weighted by Crippen LogP contribution is 2.23. The normalized spacial score (nSPS) is 12.0. The standard InChI is InChI=1S/C17H21NO2/c1-12-6-4-5-7-15(12)18-11-16(19)14-8-9-17(20-3)13(2)10-14/h4-10,16,18-19H,11H2,1-3H3. The summed E-state index contributed by atoms with van der Waals surface area (Å²) < 4.78 is 5.23. The fraction of sp³-hybridized carbons (Fsp3) is 0.294. The molecular formula is C17H21NO2. The maximum Gasteiger partial charge on any atom is 0.121 e. The summed E-state index contributed by atoms with van der Waals surface area (Å²) in [4.78, 5) is 0. The number of benzene rings is 2. The Morgan fingerprint density at radius 3 is 2.50 bits per heavy atom. The summed E-state index contributed by atoms with van der Waals surface area (Å²) in [6.07, 6.45) is -0.542. The van der Waals surface area contributed by atoms with Gasteiger partial charge in [-0.1, -0.05) is 24.3 Å². The summed E-state index contributed by atoms with van der Waals surface area (Å²) in [5.41, 5.74) is 4.15. The molecule has 0 spiro atoms. The molecule has 2 rings (SSSR count). The highest BCUT2D eigenvalue weighted by molar-refractivity contribution is 5.50. The van der Waals surface area contributed by atoms with Crippen LogP contribution in [0.1, 0.15) is 22.8 Å². The fourth-order valence-corrected chi connectivity index (χ4v) is 2.20. The minimum atomic E-state index is -0.542. The Morgan fingerprint density at radius 2 is 1.85 bits per heavy atom. The number of para-hydroxylation sites is 1. The van der Waals surface area contributed by atoms with Crippen molar-refractivity contribution in [1.29, 1.82) is 0 Å². The van der Waals surface area contributed by atoms with E-state index in [1.165, 1.54) is 5.56 Å². The van der Waals surface area contributed by atoms with E-state index in [4.69, 9.17) is 4.74 Å². The third-order valence-corrected chi connectivity index (χ3v) is 3.43. The lowest BCUT2D eigenvalue weighted by molar-refractivity contribution is 0.191. The number of hydrogen-bond acceptors (Lipinski definition) is 3. The van der Waals surface area contributed by atoms with Crippen LogP contribution in [0.25, 0.3) is 0 Å². The van der Waals surface area contributed by atoms with Gasteiger partial charge < -0.3 is 15.2 Å². The highest BCUT2D eigenvalue weighted by Gasteiger charge is 2.09. The van der Waals surface area contributed by atoms with E-state index in [-0.39, 0.29) is 0 Å². The number of anilines is 1. The average molecular weight is 271 g/mol. The fourth-order valence-electron chi connectivity index (χ4n) is 2.20. The third kappa shape index (κ3) is 3.31. The zero-order chi connectivity index (χ0) is 14.5. The molecule has 20 heavy (non-hydrogen) atoms. The molecule has 0 fully saturated rings. The van der Waals surface area contributed by atoms with Gasteiger partial charge in [-0.15, -0.1) is 0 Å². The molecule has 2 aromatic rings. The Kier molecular flexibility index (Phi) is 4.64.